The first-order valence-corrected chi connectivity index (χ1v) is 19.7. The molecule has 0 amide bonds. The van der Waals surface area contributed by atoms with E-state index in [2.05, 4.69) is 203 Å². The van der Waals surface area contributed by atoms with Gasteiger partial charge in [0.2, 0.25) is 0 Å². The molecule has 12 aromatic rings. The van der Waals surface area contributed by atoms with E-state index in [9.17, 15) is 0 Å². The van der Waals surface area contributed by atoms with E-state index in [0.29, 0.717) is 0 Å². The number of nitrogens with zero attached hydrogens (tertiary/aromatic N) is 2. The van der Waals surface area contributed by atoms with Gasteiger partial charge < -0.3 is 9.13 Å². The molecule has 256 valence electrons. The molecule has 3 heterocycles. The van der Waals surface area contributed by atoms with Crippen molar-refractivity contribution in [3.63, 3.8) is 0 Å². The Morgan fingerprint density at radius 3 is 1.73 bits per heavy atom. The lowest BCUT2D eigenvalue weighted by Gasteiger charge is -2.10. The fourth-order valence-corrected chi connectivity index (χ4v) is 10.0. The van der Waals surface area contributed by atoms with Crippen LogP contribution in [0.3, 0.4) is 0 Å². The molecule has 9 aromatic carbocycles. The summed E-state index contributed by atoms with van der Waals surface area (Å²) in [6.07, 6.45) is 0. The molecule has 12 rings (SSSR count). The van der Waals surface area contributed by atoms with Crippen LogP contribution in [0, 0.1) is 0 Å². The highest BCUT2D eigenvalue weighted by molar-refractivity contribution is 7.25. The highest BCUT2D eigenvalue weighted by Crippen LogP contribution is 2.42. The Bertz CT molecular complexity index is 3470. The van der Waals surface area contributed by atoms with E-state index in [4.69, 9.17) is 0 Å². The fraction of sp³-hybridized carbons (Fsp3) is 0. The van der Waals surface area contributed by atoms with E-state index >= 15 is 0 Å². The van der Waals surface area contributed by atoms with E-state index in [-0.39, 0.29) is 0 Å². The van der Waals surface area contributed by atoms with Crippen LogP contribution in [0.25, 0.3) is 108 Å². The lowest BCUT2D eigenvalue weighted by Crippen LogP contribution is -1.94. The molecule has 2 nitrogen and oxygen atoms in total. The van der Waals surface area contributed by atoms with Gasteiger partial charge in [-0.05, 0) is 94.4 Å². The van der Waals surface area contributed by atoms with Gasteiger partial charge in [-0.1, -0.05) is 127 Å². The minimum Gasteiger partial charge on any atom is -0.309 e. The quantitative estimate of drug-likeness (QED) is 0.172. The van der Waals surface area contributed by atoms with Gasteiger partial charge in [-0.2, -0.15) is 0 Å². The molecule has 0 saturated carbocycles. The van der Waals surface area contributed by atoms with Crippen molar-refractivity contribution in [2.45, 2.75) is 0 Å². The Balaban J connectivity index is 1.09. The summed E-state index contributed by atoms with van der Waals surface area (Å²) in [4.78, 5) is 0. The van der Waals surface area contributed by atoms with Crippen molar-refractivity contribution in [2.75, 3.05) is 0 Å². The summed E-state index contributed by atoms with van der Waals surface area (Å²) in [6, 6.07) is 71.5. The Morgan fingerprint density at radius 2 is 0.909 bits per heavy atom. The molecule has 0 atom stereocenters. The van der Waals surface area contributed by atoms with Gasteiger partial charge in [0.15, 0.2) is 0 Å². The van der Waals surface area contributed by atoms with Gasteiger partial charge in [0.1, 0.15) is 0 Å². The third kappa shape index (κ3) is 4.60. The normalized spacial score (nSPS) is 12.0. The molecule has 3 heteroatoms. The van der Waals surface area contributed by atoms with Gasteiger partial charge >= 0.3 is 0 Å². The Hall–Kier alpha value is -6.94. The zero-order valence-electron chi connectivity index (χ0n) is 29.8. The average Bonchev–Trinajstić information content (AvgIpc) is 3.91. The van der Waals surface area contributed by atoms with Crippen LogP contribution < -0.4 is 0 Å². The van der Waals surface area contributed by atoms with E-state index < -0.39 is 0 Å². The molecule has 0 aliphatic rings. The molecule has 3 aromatic heterocycles. The Morgan fingerprint density at radius 1 is 0.291 bits per heavy atom. The van der Waals surface area contributed by atoms with Crippen LogP contribution >= 0.6 is 11.3 Å². The second-order valence-corrected chi connectivity index (χ2v) is 15.6. The van der Waals surface area contributed by atoms with Crippen LogP contribution in [-0.2, 0) is 0 Å². The topological polar surface area (TPSA) is 9.86 Å². The third-order valence-corrected chi connectivity index (χ3v) is 12.6. The largest absolute Gasteiger partial charge is 0.309 e. The zero-order chi connectivity index (χ0) is 36.0. The average molecular weight is 717 g/mol. The summed E-state index contributed by atoms with van der Waals surface area (Å²) in [6.45, 7) is 0. The second kappa shape index (κ2) is 11.8. The molecule has 0 radical (unpaired) electrons. The van der Waals surface area contributed by atoms with Gasteiger partial charge in [0.25, 0.3) is 0 Å². The molecule has 0 aliphatic carbocycles. The molecule has 0 N–H and O–H groups in total. The molecule has 0 spiro atoms. The van der Waals surface area contributed by atoms with Crippen molar-refractivity contribution in [2.24, 2.45) is 0 Å². The first-order valence-electron chi connectivity index (χ1n) is 18.8. The lowest BCUT2D eigenvalue weighted by atomic mass is 9.99. The first kappa shape index (κ1) is 30.5. The number of rotatable bonds is 4. The molecule has 0 saturated heterocycles. The minimum absolute atomic E-state index is 1.17. The van der Waals surface area contributed by atoms with Crippen LogP contribution in [0.1, 0.15) is 0 Å². The minimum atomic E-state index is 1.17. The summed E-state index contributed by atoms with van der Waals surface area (Å²) in [5, 5.41) is 10.2. The first-order chi connectivity index (χ1) is 27.3. The van der Waals surface area contributed by atoms with Gasteiger partial charge in [0, 0.05) is 58.5 Å². The molecule has 0 bridgehead atoms. The van der Waals surface area contributed by atoms with Crippen molar-refractivity contribution >= 4 is 85.9 Å². The highest BCUT2D eigenvalue weighted by atomic mass is 32.1. The van der Waals surface area contributed by atoms with E-state index in [1.807, 2.05) is 11.3 Å². The third-order valence-electron chi connectivity index (χ3n) is 11.5. The number of thiophene rings is 1. The van der Waals surface area contributed by atoms with Crippen LogP contribution in [0.15, 0.2) is 194 Å². The summed E-state index contributed by atoms with van der Waals surface area (Å²) in [7, 11) is 0. The second-order valence-electron chi connectivity index (χ2n) is 14.5. The summed E-state index contributed by atoms with van der Waals surface area (Å²) >= 11 is 1.87. The van der Waals surface area contributed by atoms with Crippen molar-refractivity contribution in [1.29, 1.82) is 0 Å². The SMILES string of the molecule is c1ccc(-c2ccc3c4cc(-c5ccc6c(c5)c5ccc7ccccc7c5n6-c5ccccc5)ccc4n(-c4ccc5sc6ccccc6c5c4)c3c2)cc1. The molecule has 0 unspecified atom stereocenters. The Labute approximate surface area is 321 Å². The van der Waals surface area contributed by atoms with Gasteiger partial charge in [-0.25, -0.2) is 0 Å². The molecule has 0 fully saturated rings. The standard InChI is InChI=1S/C52H32N2S/c1-3-11-33(12-4-1)37-20-24-41-44-29-35(21-26-47(44)53(49(41)31-37)39-23-28-51-46(32-39)42-17-9-10-18-50(42)55-51)36-22-27-48-45(30-36)43-25-19-34-13-7-8-16-40(34)52(43)54(48)38-14-5-2-6-15-38/h1-32H. The van der Waals surface area contributed by atoms with Gasteiger partial charge in [-0.3, -0.25) is 0 Å². The van der Waals surface area contributed by atoms with Crippen molar-refractivity contribution in [3.8, 4) is 33.6 Å². The van der Waals surface area contributed by atoms with Gasteiger partial charge in [0.05, 0.1) is 22.1 Å². The fourth-order valence-electron chi connectivity index (χ4n) is 8.95. The molecular formula is C52H32N2S. The number of fused-ring (bicyclic) bond motifs is 11. The van der Waals surface area contributed by atoms with Crippen molar-refractivity contribution in [1.82, 2.24) is 9.13 Å². The van der Waals surface area contributed by atoms with Crippen molar-refractivity contribution in [3.05, 3.63) is 194 Å². The zero-order valence-corrected chi connectivity index (χ0v) is 30.6. The maximum Gasteiger partial charge on any atom is 0.0619 e. The number of hydrogen-bond donors (Lipinski definition) is 0. The monoisotopic (exact) mass is 716 g/mol. The number of aromatic nitrogens is 2. The number of benzene rings is 9. The smallest absolute Gasteiger partial charge is 0.0619 e. The Kier molecular flexibility index (Phi) is 6.54. The number of para-hydroxylation sites is 1. The van der Waals surface area contributed by atoms with Crippen LogP contribution in [0.4, 0.5) is 0 Å². The van der Waals surface area contributed by atoms with Crippen LogP contribution in [0.5, 0.6) is 0 Å². The number of hydrogen-bond acceptors (Lipinski definition) is 1. The highest BCUT2D eigenvalue weighted by Gasteiger charge is 2.19. The van der Waals surface area contributed by atoms with Crippen molar-refractivity contribution < 1.29 is 0 Å². The molecule has 55 heavy (non-hydrogen) atoms. The summed E-state index contributed by atoms with van der Waals surface area (Å²) in [5.41, 5.74) is 12.1. The summed E-state index contributed by atoms with van der Waals surface area (Å²) in [5.74, 6) is 0. The van der Waals surface area contributed by atoms with E-state index in [1.165, 1.54) is 108 Å². The van der Waals surface area contributed by atoms with Crippen LogP contribution in [-0.4, -0.2) is 9.13 Å². The van der Waals surface area contributed by atoms with Gasteiger partial charge in [-0.15, -0.1) is 11.3 Å². The van der Waals surface area contributed by atoms with E-state index in [0.717, 1.165) is 0 Å². The predicted molar refractivity (Wildman–Crippen MR) is 236 cm³/mol. The maximum atomic E-state index is 2.47. The lowest BCUT2D eigenvalue weighted by molar-refractivity contribution is 1.19. The van der Waals surface area contributed by atoms with E-state index in [1.54, 1.807) is 0 Å². The summed E-state index contributed by atoms with van der Waals surface area (Å²) < 4.78 is 7.54. The predicted octanol–water partition coefficient (Wildman–Crippen LogP) is 14.7. The van der Waals surface area contributed by atoms with Crippen LogP contribution in [0.2, 0.25) is 0 Å². The molecule has 0 aliphatic heterocycles. The molecular weight excluding hydrogens is 685 g/mol. The maximum absolute atomic E-state index is 2.47.